The molecule has 0 aromatic rings. The van der Waals surface area contributed by atoms with E-state index in [0.29, 0.717) is 0 Å². The molecule has 104 valence electrons. The SMILES string of the molecule is CC(N)(CCC(F)=C(CF)CNCC=N)C(=O)O. The number of hydrogen-bond donors (Lipinski definition) is 4. The van der Waals surface area contributed by atoms with Gasteiger partial charge < -0.3 is 21.6 Å². The number of carboxylic acids is 1. The van der Waals surface area contributed by atoms with Crippen LogP contribution in [0.3, 0.4) is 0 Å². The minimum Gasteiger partial charge on any atom is -0.480 e. The van der Waals surface area contributed by atoms with E-state index in [2.05, 4.69) is 5.32 Å². The highest BCUT2D eigenvalue weighted by Gasteiger charge is 2.28. The third-order valence-electron chi connectivity index (χ3n) is 2.48. The highest BCUT2D eigenvalue weighted by molar-refractivity contribution is 5.77. The summed E-state index contributed by atoms with van der Waals surface area (Å²) < 4.78 is 26.2. The minimum atomic E-state index is -1.53. The van der Waals surface area contributed by atoms with Crippen LogP contribution >= 0.6 is 0 Å². The molecule has 0 fully saturated rings. The second-order valence-electron chi connectivity index (χ2n) is 4.20. The van der Waals surface area contributed by atoms with E-state index < -0.39 is 24.0 Å². The van der Waals surface area contributed by atoms with Crippen LogP contribution in [0.2, 0.25) is 0 Å². The van der Waals surface area contributed by atoms with Crippen molar-refractivity contribution in [3.63, 3.8) is 0 Å². The average molecular weight is 263 g/mol. The number of hydrogen-bond acceptors (Lipinski definition) is 4. The van der Waals surface area contributed by atoms with Crippen LogP contribution in [-0.2, 0) is 4.79 Å². The summed E-state index contributed by atoms with van der Waals surface area (Å²) in [7, 11) is 0. The number of rotatable bonds is 9. The fraction of sp³-hybridized carbons (Fsp3) is 0.636. The molecule has 5 nitrogen and oxygen atoms in total. The molecule has 0 saturated carbocycles. The van der Waals surface area contributed by atoms with E-state index in [-0.39, 0.29) is 31.5 Å². The van der Waals surface area contributed by atoms with E-state index in [1.807, 2.05) is 0 Å². The maximum atomic E-state index is 13.6. The lowest BCUT2D eigenvalue weighted by atomic mass is 9.96. The summed E-state index contributed by atoms with van der Waals surface area (Å²) in [6.07, 6.45) is 0.752. The summed E-state index contributed by atoms with van der Waals surface area (Å²) >= 11 is 0. The van der Waals surface area contributed by atoms with Crippen LogP contribution in [0.15, 0.2) is 11.4 Å². The first kappa shape index (κ1) is 16.7. The zero-order valence-electron chi connectivity index (χ0n) is 10.3. The third-order valence-corrected chi connectivity index (χ3v) is 2.48. The smallest absolute Gasteiger partial charge is 0.323 e. The Labute approximate surface area is 105 Å². The molecule has 0 amide bonds. The van der Waals surface area contributed by atoms with Crippen molar-refractivity contribution in [1.29, 1.82) is 5.41 Å². The second-order valence-corrected chi connectivity index (χ2v) is 4.20. The van der Waals surface area contributed by atoms with E-state index in [0.717, 1.165) is 6.21 Å². The Hall–Kier alpha value is -1.34. The van der Waals surface area contributed by atoms with E-state index in [9.17, 15) is 13.6 Å². The Morgan fingerprint density at radius 1 is 1.61 bits per heavy atom. The largest absolute Gasteiger partial charge is 0.480 e. The van der Waals surface area contributed by atoms with Gasteiger partial charge in [-0.2, -0.15) is 0 Å². The molecular weight excluding hydrogens is 244 g/mol. The molecule has 0 heterocycles. The van der Waals surface area contributed by atoms with Crippen LogP contribution in [-0.4, -0.2) is 42.6 Å². The van der Waals surface area contributed by atoms with Crippen LogP contribution in [0.4, 0.5) is 8.78 Å². The maximum Gasteiger partial charge on any atom is 0.323 e. The van der Waals surface area contributed by atoms with Gasteiger partial charge in [-0.15, -0.1) is 0 Å². The number of carbonyl (C=O) groups is 1. The Morgan fingerprint density at radius 3 is 2.67 bits per heavy atom. The minimum absolute atomic E-state index is 0.00787. The van der Waals surface area contributed by atoms with Crippen molar-refractivity contribution in [3.8, 4) is 0 Å². The molecule has 0 bridgehead atoms. The molecule has 0 aliphatic carbocycles. The lowest BCUT2D eigenvalue weighted by Gasteiger charge is -2.18. The monoisotopic (exact) mass is 263 g/mol. The molecule has 7 heteroatoms. The molecule has 0 spiro atoms. The molecule has 0 saturated heterocycles. The summed E-state index contributed by atoms with van der Waals surface area (Å²) in [5.41, 5.74) is 3.85. The number of nitrogens with two attached hydrogens (primary N) is 1. The zero-order chi connectivity index (χ0) is 14.2. The molecule has 1 atom stereocenters. The van der Waals surface area contributed by atoms with Crippen LogP contribution in [0.25, 0.3) is 0 Å². The Kier molecular flexibility index (Phi) is 7.30. The highest BCUT2D eigenvalue weighted by atomic mass is 19.1. The van der Waals surface area contributed by atoms with E-state index in [4.69, 9.17) is 16.2 Å². The Morgan fingerprint density at radius 2 is 2.22 bits per heavy atom. The Bertz CT molecular complexity index is 330. The summed E-state index contributed by atoms with van der Waals surface area (Å²) in [6.45, 7) is 0.544. The van der Waals surface area contributed by atoms with Gasteiger partial charge >= 0.3 is 5.97 Å². The van der Waals surface area contributed by atoms with Crippen molar-refractivity contribution < 1.29 is 18.7 Å². The molecule has 1 unspecified atom stereocenters. The highest BCUT2D eigenvalue weighted by Crippen LogP contribution is 2.18. The van der Waals surface area contributed by atoms with E-state index in [1.54, 1.807) is 0 Å². The first-order valence-corrected chi connectivity index (χ1v) is 5.49. The number of alkyl halides is 1. The standard InChI is InChI=1S/C11H19F2N3O2/c1-11(15,10(17)18)3-2-9(13)8(6-12)7-16-5-4-14/h4,14,16H,2-3,5-7,15H2,1H3,(H,17,18). The summed E-state index contributed by atoms with van der Waals surface area (Å²) in [5.74, 6) is -1.91. The average Bonchev–Trinajstić information content (AvgIpc) is 2.31. The molecule has 0 aromatic carbocycles. The number of carboxylic acid groups (broad SMARTS) is 1. The predicted octanol–water partition coefficient (Wildman–Crippen LogP) is 1.00. The Balaban J connectivity index is 4.43. The molecule has 0 aliphatic rings. The molecule has 0 radical (unpaired) electrons. The van der Waals surface area contributed by atoms with Gasteiger partial charge in [-0.25, -0.2) is 8.78 Å². The molecule has 5 N–H and O–H groups in total. The van der Waals surface area contributed by atoms with Gasteiger partial charge in [0.2, 0.25) is 0 Å². The first-order valence-electron chi connectivity index (χ1n) is 5.49. The van der Waals surface area contributed by atoms with Gasteiger partial charge in [0.05, 0.1) is 0 Å². The number of aliphatic carboxylic acids is 1. The molecule has 0 aliphatic heterocycles. The first-order chi connectivity index (χ1) is 8.35. The molecule has 18 heavy (non-hydrogen) atoms. The second kappa shape index (κ2) is 7.88. The predicted molar refractivity (Wildman–Crippen MR) is 65.2 cm³/mol. The lowest BCUT2D eigenvalue weighted by molar-refractivity contribution is -0.142. The third kappa shape index (κ3) is 5.83. The van der Waals surface area contributed by atoms with E-state index in [1.165, 1.54) is 6.92 Å². The topological polar surface area (TPSA) is 99.2 Å². The van der Waals surface area contributed by atoms with Crippen LogP contribution in [0.1, 0.15) is 19.8 Å². The van der Waals surface area contributed by atoms with Crippen molar-refractivity contribution in [2.24, 2.45) is 5.73 Å². The van der Waals surface area contributed by atoms with Gasteiger partial charge in [0.1, 0.15) is 18.0 Å². The normalized spacial score (nSPS) is 15.8. The number of nitrogens with one attached hydrogen (secondary N) is 2. The van der Waals surface area contributed by atoms with Crippen molar-refractivity contribution in [3.05, 3.63) is 11.4 Å². The van der Waals surface area contributed by atoms with Gasteiger partial charge in [-0.3, -0.25) is 4.79 Å². The maximum absolute atomic E-state index is 13.6. The fourth-order valence-corrected chi connectivity index (χ4v) is 1.16. The molecule has 0 rings (SSSR count). The van der Waals surface area contributed by atoms with Crippen molar-refractivity contribution >= 4 is 12.2 Å². The molecule has 0 aromatic heterocycles. The van der Waals surface area contributed by atoms with Crippen molar-refractivity contribution in [2.75, 3.05) is 19.8 Å². The van der Waals surface area contributed by atoms with Gasteiger partial charge in [-0.1, -0.05) is 0 Å². The van der Waals surface area contributed by atoms with Crippen molar-refractivity contribution in [2.45, 2.75) is 25.3 Å². The van der Waals surface area contributed by atoms with Crippen LogP contribution < -0.4 is 11.1 Å². The molecular formula is C11H19F2N3O2. The zero-order valence-corrected chi connectivity index (χ0v) is 10.3. The van der Waals surface area contributed by atoms with Crippen LogP contribution in [0.5, 0.6) is 0 Å². The van der Waals surface area contributed by atoms with Crippen LogP contribution in [0, 0.1) is 5.41 Å². The number of halogens is 2. The van der Waals surface area contributed by atoms with E-state index >= 15 is 0 Å². The van der Waals surface area contributed by atoms with Crippen molar-refractivity contribution in [1.82, 2.24) is 5.32 Å². The number of allylic oxidation sites excluding steroid dienone is 1. The lowest BCUT2D eigenvalue weighted by Crippen LogP contribution is -2.44. The summed E-state index contributed by atoms with van der Waals surface area (Å²) in [6, 6.07) is 0. The summed E-state index contributed by atoms with van der Waals surface area (Å²) in [5, 5.41) is 18.2. The van der Waals surface area contributed by atoms with Gasteiger partial charge in [0.15, 0.2) is 0 Å². The summed E-state index contributed by atoms with van der Waals surface area (Å²) in [4.78, 5) is 10.7. The fourth-order valence-electron chi connectivity index (χ4n) is 1.16. The van der Waals surface area contributed by atoms with Gasteiger partial charge in [0, 0.05) is 31.3 Å². The van der Waals surface area contributed by atoms with Gasteiger partial charge in [0.25, 0.3) is 0 Å². The van der Waals surface area contributed by atoms with Gasteiger partial charge in [-0.05, 0) is 13.3 Å². The quantitative estimate of drug-likeness (QED) is 0.368.